The molecule has 1 aromatic rings. The Morgan fingerprint density at radius 1 is 1.57 bits per heavy atom. The average molecular weight is 265 g/mol. The second-order valence-corrected chi connectivity index (χ2v) is 3.47. The number of ether oxygens (including phenoxy) is 1. The quantitative estimate of drug-likeness (QED) is 0.876. The van der Waals surface area contributed by atoms with Crippen LogP contribution in [0, 0.1) is 5.82 Å². The predicted octanol–water partition coefficient (Wildman–Crippen LogP) is 1.84. The minimum atomic E-state index is -0.525. The lowest BCUT2D eigenvalue weighted by Crippen LogP contribution is -1.97. The van der Waals surface area contributed by atoms with Crippen LogP contribution >= 0.6 is 15.9 Å². The van der Waals surface area contributed by atoms with Crippen LogP contribution in [0.5, 0.6) is 11.5 Å². The first-order chi connectivity index (χ1) is 6.61. The summed E-state index contributed by atoms with van der Waals surface area (Å²) in [6.07, 6.45) is 0.167. The van der Waals surface area contributed by atoms with Crippen molar-refractivity contribution in [1.82, 2.24) is 0 Å². The van der Waals surface area contributed by atoms with Crippen molar-refractivity contribution in [3.05, 3.63) is 21.9 Å². The maximum absolute atomic E-state index is 13.2. The third-order valence-electron chi connectivity index (χ3n) is 1.83. The van der Waals surface area contributed by atoms with Gasteiger partial charge in [-0.25, -0.2) is 4.39 Å². The monoisotopic (exact) mass is 264 g/mol. The van der Waals surface area contributed by atoms with E-state index >= 15 is 0 Å². The molecule has 14 heavy (non-hydrogen) atoms. The summed E-state index contributed by atoms with van der Waals surface area (Å²) < 4.78 is 18.1. The third kappa shape index (κ3) is 1.99. The molecule has 1 aromatic carbocycles. The lowest BCUT2D eigenvalue weighted by atomic mass is 10.1. The maximum Gasteiger partial charge on any atom is 0.163 e. The average Bonchev–Trinajstić information content (AvgIpc) is 2.18. The van der Waals surface area contributed by atoms with Gasteiger partial charge in [0.15, 0.2) is 11.5 Å². The molecule has 0 heterocycles. The smallest absolute Gasteiger partial charge is 0.163 e. The van der Waals surface area contributed by atoms with E-state index < -0.39 is 5.82 Å². The molecule has 0 aliphatic rings. The summed E-state index contributed by atoms with van der Waals surface area (Å²) in [4.78, 5) is 0. The number of phenols is 1. The Morgan fingerprint density at radius 3 is 2.71 bits per heavy atom. The van der Waals surface area contributed by atoms with Crippen LogP contribution in [-0.4, -0.2) is 23.9 Å². The van der Waals surface area contributed by atoms with Crippen LogP contribution < -0.4 is 4.74 Å². The normalized spacial score (nSPS) is 10.3. The van der Waals surface area contributed by atoms with Gasteiger partial charge >= 0.3 is 0 Å². The summed E-state index contributed by atoms with van der Waals surface area (Å²) in [5.41, 5.74) is 0.310. The fourth-order valence-electron chi connectivity index (χ4n) is 1.14. The van der Waals surface area contributed by atoms with E-state index in [0.29, 0.717) is 5.56 Å². The highest BCUT2D eigenvalue weighted by atomic mass is 79.9. The number of hydrogen-bond acceptors (Lipinski definition) is 3. The molecule has 5 heteroatoms. The SMILES string of the molecule is COc1cc(F)c(Br)c(CCO)c1O. The molecule has 0 saturated carbocycles. The van der Waals surface area contributed by atoms with Gasteiger partial charge in [0, 0.05) is 24.7 Å². The number of aliphatic hydroxyl groups excluding tert-OH is 1. The summed E-state index contributed by atoms with van der Waals surface area (Å²) in [5, 5.41) is 18.3. The van der Waals surface area contributed by atoms with Gasteiger partial charge in [0.1, 0.15) is 5.82 Å². The predicted molar refractivity (Wildman–Crippen MR) is 53.1 cm³/mol. The topological polar surface area (TPSA) is 49.7 Å². The summed E-state index contributed by atoms with van der Waals surface area (Å²) >= 11 is 2.99. The summed E-state index contributed by atoms with van der Waals surface area (Å²) in [6, 6.07) is 1.08. The standard InChI is InChI=1S/C9H10BrFO3/c1-14-7-4-6(11)8(10)5(2-3-12)9(7)13/h4,12-13H,2-3H2,1H3. The lowest BCUT2D eigenvalue weighted by Gasteiger charge is -2.10. The summed E-state index contributed by atoms with van der Waals surface area (Å²) in [6.45, 7) is -0.168. The van der Waals surface area contributed by atoms with Gasteiger partial charge in [-0.1, -0.05) is 0 Å². The van der Waals surface area contributed by atoms with E-state index in [1.807, 2.05) is 0 Å². The molecule has 0 aromatic heterocycles. The van der Waals surface area contributed by atoms with Crippen LogP contribution in [0.15, 0.2) is 10.5 Å². The van der Waals surface area contributed by atoms with Gasteiger partial charge in [-0.3, -0.25) is 0 Å². The number of halogens is 2. The molecular weight excluding hydrogens is 255 g/mol. The second-order valence-electron chi connectivity index (χ2n) is 2.68. The first kappa shape index (κ1) is 11.3. The van der Waals surface area contributed by atoms with E-state index in [1.54, 1.807) is 0 Å². The Balaban J connectivity index is 3.29. The zero-order valence-electron chi connectivity index (χ0n) is 7.55. The zero-order chi connectivity index (χ0) is 10.7. The maximum atomic E-state index is 13.2. The van der Waals surface area contributed by atoms with Crippen molar-refractivity contribution in [3.8, 4) is 11.5 Å². The van der Waals surface area contributed by atoms with Gasteiger partial charge in [-0.05, 0) is 15.9 Å². The molecule has 0 spiro atoms. The molecule has 1 rings (SSSR count). The molecule has 0 atom stereocenters. The fraction of sp³-hybridized carbons (Fsp3) is 0.333. The Kier molecular flexibility index (Phi) is 3.71. The third-order valence-corrected chi connectivity index (χ3v) is 2.69. The molecule has 0 aliphatic carbocycles. The van der Waals surface area contributed by atoms with Gasteiger partial charge in [0.2, 0.25) is 0 Å². The number of aliphatic hydroxyl groups is 1. The minimum absolute atomic E-state index is 0.0640. The minimum Gasteiger partial charge on any atom is -0.504 e. The summed E-state index contributed by atoms with van der Waals surface area (Å²) in [7, 11) is 1.34. The van der Waals surface area contributed by atoms with Crippen LogP contribution in [0.3, 0.4) is 0 Å². The number of hydrogen-bond donors (Lipinski definition) is 2. The highest BCUT2D eigenvalue weighted by Gasteiger charge is 2.15. The molecular formula is C9H10BrFO3. The number of aromatic hydroxyl groups is 1. The molecule has 0 bridgehead atoms. The molecule has 0 radical (unpaired) electrons. The van der Waals surface area contributed by atoms with E-state index in [-0.39, 0.29) is 29.0 Å². The van der Waals surface area contributed by atoms with Crippen molar-refractivity contribution in [1.29, 1.82) is 0 Å². The molecule has 0 fully saturated rings. The van der Waals surface area contributed by atoms with Crippen molar-refractivity contribution >= 4 is 15.9 Å². The van der Waals surface area contributed by atoms with E-state index in [4.69, 9.17) is 9.84 Å². The molecule has 0 amide bonds. The van der Waals surface area contributed by atoms with Crippen molar-refractivity contribution < 1.29 is 19.3 Å². The van der Waals surface area contributed by atoms with Crippen molar-refractivity contribution in [2.24, 2.45) is 0 Å². The van der Waals surface area contributed by atoms with Crippen LogP contribution in [0.25, 0.3) is 0 Å². The zero-order valence-corrected chi connectivity index (χ0v) is 9.14. The van der Waals surface area contributed by atoms with Gasteiger partial charge in [-0.2, -0.15) is 0 Å². The van der Waals surface area contributed by atoms with E-state index in [1.165, 1.54) is 7.11 Å². The van der Waals surface area contributed by atoms with E-state index in [0.717, 1.165) is 6.07 Å². The second kappa shape index (κ2) is 4.61. The number of methoxy groups -OCH3 is 1. The van der Waals surface area contributed by atoms with Gasteiger partial charge < -0.3 is 14.9 Å². The van der Waals surface area contributed by atoms with Gasteiger partial charge in [0.25, 0.3) is 0 Å². The van der Waals surface area contributed by atoms with Crippen molar-refractivity contribution in [2.75, 3.05) is 13.7 Å². The molecule has 78 valence electrons. The highest BCUT2D eigenvalue weighted by molar-refractivity contribution is 9.10. The molecule has 0 saturated heterocycles. The van der Waals surface area contributed by atoms with Crippen LogP contribution in [0.2, 0.25) is 0 Å². The number of rotatable bonds is 3. The largest absolute Gasteiger partial charge is 0.504 e. The molecule has 0 aliphatic heterocycles. The first-order valence-corrected chi connectivity index (χ1v) is 4.75. The Labute approximate surface area is 89.3 Å². The van der Waals surface area contributed by atoms with Crippen molar-refractivity contribution in [2.45, 2.75) is 6.42 Å². The van der Waals surface area contributed by atoms with Gasteiger partial charge in [0.05, 0.1) is 11.6 Å². The Morgan fingerprint density at radius 2 is 2.21 bits per heavy atom. The molecule has 2 N–H and O–H groups in total. The molecule has 0 unspecified atom stereocenters. The van der Waals surface area contributed by atoms with Crippen LogP contribution in [0.4, 0.5) is 4.39 Å². The molecule has 3 nitrogen and oxygen atoms in total. The van der Waals surface area contributed by atoms with Crippen LogP contribution in [0.1, 0.15) is 5.56 Å². The number of phenolic OH excluding ortho intramolecular Hbond substituents is 1. The Hall–Kier alpha value is -0.810. The van der Waals surface area contributed by atoms with E-state index in [9.17, 15) is 9.50 Å². The van der Waals surface area contributed by atoms with Gasteiger partial charge in [-0.15, -0.1) is 0 Å². The summed E-state index contributed by atoms with van der Waals surface area (Å²) in [5.74, 6) is -0.605. The lowest BCUT2D eigenvalue weighted by molar-refractivity contribution is 0.295. The van der Waals surface area contributed by atoms with Crippen molar-refractivity contribution in [3.63, 3.8) is 0 Å². The Bertz CT molecular complexity index is 341. The van der Waals surface area contributed by atoms with Crippen LogP contribution in [-0.2, 0) is 6.42 Å². The number of benzene rings is 1. The first-order valence-electron chi connectivity index (χ1n) is 3.96. The fourth-order valence-corrected chi connectivity index (χ4v) is 1.64. The van der Waals surface area contributed by atoms with E-state index in [2.05, 4.69) is 15.9 Å². The highest BCUT2D eigenvalue weighted by Crippen LogP contribution is 2.37.